The fraction of sp³-hybridized carbons (Fsp3) is 0.226. The number of aromatic nitrogens is 1. The topological polar surface area (TPSA) is 87.3 Å². The third-order valence-corrected chi connectivity index (χ3v) is 6.53. The molecular formula is C31H29N3O5. The number of anilines is 1. The molecule has 3 heterocycles. The first-order valence-electron chi connectivity index (χ1n) is 13.0. The lowest BCUT2D eigenvalue weighted by atomic mass is 10.0. The molecule has 0 radical (unpaired) electrons. The van der Waals surface area contributed by atoms with Gasteiger partial charge in [0, 0.05) is 17.7 Å². The second-order valence-electron chi connectivity index (χ2n) is 9.36. The quantitative estimate of drug-likeness (QED) is 0.330. The van der Waals surface area contributed by atoms with Gasteiger partial charge in [-0.25, -0.2) is 0 Å². The number of ether oxygens (including phenoxy) is 4. The Labute approximate surface area is 227 Å². The second-order valence-corrected chi connectivity index (χ2v) is 9.36. The highest BCUT2D eigenvalue weighted by molar-refractivity contribution is 5.81. The molecule has 2 aliphatic heterocycles. The van der Waals surface area contributed by atoms with Gasteiger partial charge in [0.25, 0.3) is 0 Å². The molecule has 6 rings (SSSR count). The normalized spacial score (nSPS) is 18.2. The molecule has 1 aromatic heterocycles. The highest BCUT2D eigenvalue weighted by Gasteiger charge is 2.23. The lowest BCUT2D eigenvalue weighted by molar-refractivity contribution is 0.0764. The summed E-state index contributed by atoms with van der Waals surface area (Å²) in [6, 6.07) is 18.2. The molecule has 0 amide bonds. The lowest BCUT2D eigenvalue weighted by Crippen LogP contribution is -2.25. The molecule has 0 saturated heterocycles. The number of nitrogens with zero attached hydrogens (tertiary/aromatic N) is 2. The standard InChI is InChI=1S/C31H29N3O5/c1-3-9-22(10-4-1)15-24-18-35-20-30(38-24)34-31-32-17-28(39-31)25-13-7-8-14-26(25)33-27(29-19-36-21-37-29)16-23-11-5-2-6-12-23/h1-3,5-9,11-14,17-19,27,33H,4,10,15-16,20-21H2. The molecule has 39 heavy (non-hydrogen) atoms. The van der Waals surface area contributed by atoms with Crippen molar-refractivity contribution in [3.63, 3.8) is 0 Å². The number of oxazole rings is 1. The van der Waals surface area contributed by atoms with Gasteiger partial charge in [0.05, 0.1) is 12.2 Å². The Morgan fingerprint density at radius 1 is 1.00 bits per heavy atom. The summed E-state index contributed by atoms with van der Waals surface area (Å²) in [5.74, 6) is 2.46. The molecule has 8 heteroatoms. The Kier molecular flexibility index (Phi) is 7.43. The van der Waals surface area contributed by atoms with Crippen molar-refractivity contribution in [3.8, 4) is 11.3 Å². The maximum atomic E-state index is 6.04. The van der Waals surface area contributed by atoms with Crippen LogP contribution < -0.4 is 5.32 Å². The van der Waals surface area contributed by atoms with Crippen LogP contribution in [-0.4, -0.2) is 30.3 Å². The molecule has 3 aliphatic rings. The van der Waals surface area contributed by atoms with Crippen LogP contribution in [0.5, 0.6) is 0 Å². The van der Waals surface area contributed by atoms with E-state index in [1.165, 1.54) is 11.1 Å². The van der Waals surface area contributed by atoms with E-state index in [4.69, 9.17) is 23.4 Å². The lowest BCUT2D eigenvalue weighted by Gasteiger charge is -2.21. The van der Waals surface area contributed by atoms with Crippen molar-refractivity contribution in [2.24, 2.45) is 4.99 Å². The predicted octanol–water partition coefficient (Wildman–Crippen LogP) is 6.80. The Morgan fingerprint density at radius 2 is 1.90 bits per heavy atom. The van der Waals surface area contributed by atoms with Gasteiger partial charge in [-0.2, -0.15) is 9.98 Å². The van der Waals surface area contributed by atoms with Gasteiger partial charge in [0.2, 0.25) is 12.7 Å². The van der Waals surface area contributed by atoms with Crippen molar-refractivity contribution in [1.82, 2.24) is 4.98 Å². The molecule has 1 N–H and O–H groups in total. The summed E-state index contributed by atoms with van der Waals surface area (Å²) >= 11 is 0. The molecule has 0 saturated carbocycles. The van der Waals surface area contributed by atoms with Gasteiger partial charge in [-0.1, -0.05) is 66.3 Å². The largest absolute Gasteiger partial charge is 0.488 e. The number of para-hydroxylation sites is 1. The van der Waals surface area contributed by atoms with E-state index < -0.39 is 0 Å². The summed E-state index contributed by atoms with van der Waals surface area (Å²) in [6.07, 6.45) is 14.8. The zero-order valence-electron chi connectivity index (χ0n) is 21.4. The second kappa shape index (κ2) is 11.8. The van der Waals surface area contributed by atoms with Crippen molar-refractivity contribution >= 4 is 17.6 Å². The summed E-state index contributed by atoms with van der Waals surface area (Å²) in [7, 11) is 0. The first-order chi connectivity index (χ1) is 19.3. The average Bonchev–Trinajstić information content (AvgIpc) is 3.68. The maximum absolute atomic E-state index is 6.04. The number of benzene rings is 2. The summed E-state index contributed by atoms with van der Waals surface area (Å²) in [4.78, 5) is 8.85. The summed E-state index contributed by atoms with van der Waals surface area (Å²) in [5.41, 5.74) is 4.21. The van der Waals surface area contributed by atoms with Crippen LogP contribution in [0.3, 0.4) is 0 Å². The third-order valence-electron chi connectivity index (χ3n) is 6.53. The van der Waals surface area contributed by atoms with Gasteiger partial charge >= 0.3 is 6.01 Å². The van der Waals surface area contributed by atoms with E-state index in [1.54, 1.807) is 18.7 Å². The van der Waals surface area contributed by atoms with Gasteiger partial charge in [-0.15, -0.1) is 0 Å². The van der Waals surface area contributed by atoms with E-state index in [1.807, 2.05) is 42.5 Å². The zero-order chi connectivity index (χ0) is 26.3. The van der Waals surface area contributed by atoms with Crippen molar-refractivity contribution in [2.75, 3.05) is 18.7 Å². The van der Waals surface area contributed by atoms with Crippen molar-refractivity contribution in [3.05, 3.63) is 114 Å². The van der Waals surface area contributed by atoms with Gasteiger partial charge in [-0.05, 0) is 37.0 Å². The number of nitrogens with one attached hydrogen (secondary N) is 1. The Morgan fingerprint density at radius 3 is 2.74 bits per heavy atom. The smallest absolute Gasteiger partial charge is 0.325 e. The Bertz CT molecular complexity index is 1450. The van der Waals surface area contributed by atoms with Crippen LogP contribution in [0.25, 0.3) is 11.3 Å². The van der Waals surface area contributed by atoms with E-state index in [0.717, 1.165) is 42.0 Å². The number of allylic oxidation sites excluding steroid dienone is 4. The minimum absolute atomic E-state index is 0.133. The molecule has 3 aromatic rings. The molecule has 8 nitrogen and oxygen atoms in total. The van der Waals surface area contributed by atoms with Crippen LogP contribution in [0, 0.1) is 0 Å². The first kappa shape index (κ1) is 24.6. The summed E-state index contributed by atoms with van der Waals surface area (Å²) in [6.45, 7) is 0.434. The fourth-order valence-electron chi connectivity index (χ4n) is 4.63. The molecule has 0 spiro atoms. The highest BCUT2D eigenvalue weighted by Crippen LogP contribution is 2.33. The van der Waals surface area contributed by atoms with Crippen molar-refractivity contribution in [2.45, 2.75) is 31.7 Å². The number of rotatable bonds is 9. The van der Waals surface area contributed by atoms with E-state index in [-0.39, 0.29) is 25.5 Å². The van der Waals surface area contributed by atoms with Gasteiger partial charge in [-0.3, -0.25) is 0 Å². The predicted molar refractivity (Wildman–Crippen MR) is 148 cm³/mol. The fourth-order valence-corrected chi connectivity index (χ4v) is 4.63. The van der Waals surface area contributed by atoms with Crippen LogP contribution in [0.4, 0.5) is 11.7 Å². The van der Waals surface area contributed by atoms with Crippen LogP contribution in [0.2, 0.25) is 0 Å². The van der Waals surface area contributed by atoms with E-state index in [2.05, 4.69) is 45.7 Å². The molecular weight excluding hydrogens is 494 g/mol. The molecule has 1 atom stereocenters. The SMILES string of the molecule is C1=CCCC(CC2=COCC(=Nc3ncc(-c4ccccc4NC(Cc4ccccc4)C4=COCO4)o3)O2)=C1. The third kappa shape index (κ3) is 6.23. The Hall–Kier alpha value is -4.72. The van der Waals surface area contributed by atoms with E-state index >= 15 is 0 Å². The van der Waals surface area contributed by atoms with Crippen LogP contribution in [-0.2, 0) is 25.4 Å². The summed E-state index contributed by atoms with van der Waals surface area (Å²) < 4.78 is 28.7. The van der Waals surface area contributed by atoms with Crippen LogP contribution >= 0.6 is 0 Å². The Balaban J connectivity index is 1.18. The van der Waals surface area contributed by atoms with E-state index in [0.29, 0.717) is 18.1 Å². The van der Waals surface area contributed by atoms with Gasteiger partial charge < -0.3 is 28.7 Å². The molecule has 0 fully saturated rings. The minimum Gasteiger partial charge on any atom is -0.488 e. The number of aliphatic imine (C=N–C) groups is 1. The maximum Gasteiger partial charge on any atom is 0.325 e. The summed E-state index contributed by atoms with van der Waals surface area (Å²) in [5, 5.41) is 3.61. The van der Waals surface area contributed by atoms with Gasteiger partial charge in [0.15, 0.2) is 18.1 Å². The first-order valence-corrected chi connectivity index (χ1v) is 13.0. The molecule has 1 unspecified atom stereocenters. The van der Waals surface area contributed by atoms with Gasteiger partial charge in [0.1, 0.15) is 18.3 Å². The highest BCUT2D eigenvalue weighted by atomic mass is 16.7. The van der Waals surface area contributed by atoms with Crippen LogP contribution in [0.15, 0.2) is 118 Å². The molecule has 2 aromatic carbocycles. The number of hydrogen-bond donors (Lipinski definition) is 1. The molecule has 0 bridgehead atoms. The molecule has 198 valence electrons. The minimum atomic E-state index is -0.133. The van der Waals surface area contributed by atoms with E-state index in [9.17, 15) is 0 Å². The van der Waals surface area contributed by atoms with Crippen molar-refractivity contribution < 1.29 is 23.4 Å². The average molecular weight is 524 g/mol. The monoisotopic (exact) mass is 523 g/mol. The molecule has 1 aliphatic carbocycles. The number of hydrogen-bond acceptors (Lipinski definition) is 8. The van der Waals surface area contributed by atoms with Crippen molar-refractivity contribution in [1.29, 1.82) is 0 Å². The van der Waals surface area contributed by atoms with Crippen LogP contribution in [0.1, 0.15) is 24.8 Å². The zero-order valence-corrected chi connectivity index (χ0v) is 21.4.